The largest absolute Gasteiger partial charge is 0.459 e. The zero-order chi connectivity index (χ0) is 15.7. The molecule has 1 heterocycles. The summed E-state index contributed by atoms with van der Waals surface area (Å²) in [5.41, 5.74) is 5.21. The van der Waals surface area contributed by atoms with E-state index in [2.05, 4.69) is 15.2 Å². The summed E-state index contributed by atoms with van der Waals surface area (Å²) in [6, 6.07) is 0. The normalized spacial score (nSPS) is 17.6. The van der Waals surface area contributed by atoms with Crippen molar-refractivity contribution in [3.8, 4) is 0 Å². The Balaban J connectivity index is 2.10. The number of morpholine rings is 1. The smallest absolute Gasteiger partial charge is 0.328 e. The summed E-state index contributed by atoms with van der Waals surface area (Å²) in [5.74, 6) is -0.0941. The van der Waals surface area contributed by atoms with E-state index in [1.54, 1.807) is 0 Å². The van der Waals surface area contributed by atoms with Gasteiger partial charge in [0.05, 0.1) is 13.2 Å². The quantitative estimate of drug-likeness (QED) is 0.309. The molecule has 0 aromatic heterocycles. The van der Waals surface area contributed by atoms with Gasteiger partial charge in [0.2, 0.25) is 0 Å². The molecule has 0 aromatic rings. The number of carbonyl (C=O) groups is 1. The number of nitrogens with one attached hydrogen (secondary N) is 1. The Hall–Kier alpha value is -1.34. The minimum Gasteiger partial charge on any atom is -0.459 e. The molecule has 3 N–H and O–H groups in total. The first-order chi connectivity index (χ1) is 9.87. The molecule has 1 aliphatic heterocycles. The molecule has 0 saturated carbocycles. The van der Waals surface area contributed by atoms with Crippen molar-refractivity contribution in [3.63, 3.8) is 0 Å². The molecule has 122 valence electrons. The molecule has 1 saturated heterocycles. The van der Waals surface area contributed by atoms with Gasteiger partial charge in [-0.2, -0.15) is 0 Å². The molecule has 0 bridgehead atoms. The number of hydrogen-bond acceptors (Lipinski definition) is 5. The number of guanidine groups is 1. The number of ether oxygens (including phenoxy) is 2. The Morgan fingerprint density at radius 1 is 1.38 bits per heavy atom. The molecule has 0 radical (unpaired) electrons. The monoisotopic (exact) mass is 300 g/mol. The number of nitrogens with zero attached hydrogens (tertiary/aromatic N) is 2. The van der Waals surface area contributed by atoms with Gasteiger partial charge in [0, 0.05) is 19.6 Å². The van der Waals surface area contributed by atoms with Crippen LogP contribution in [0.4, 0.5) is 0 Å². The molecule has 0 atom stereocenters. The van der Waals surface area contributed by atoms with Crippen molar-refractivity contribution in [2.75, 3.05) is 45.9 Å². The van der Waals surface area contributed by atoms with E-state index >= 15 is 0 Å². The van der Waals surface area contributed by atoms with Crippen LogP contribution in [0.3, 0.4) is 0 Å². The molecule has 0 spiro atoms. The number of aliphatic imine (C=N–C) groups is 1. The number of esters is 1. The van der Waals surface area contributed by atoms with E-state index < -0.39 is 5.60 Å². The van der Waals surface area contributed by atoms with Crippen LogP contribution in [0, 0.1) is 0 Å². The summed E-state index contributed by atoms with van der Waals surface area (Å²) in [4.78, 5) is 17.8. The molecule has 1 rings (SSSR count). The fourth-order valence-corrected chi connectivity index (χ4v) is 1.92. The number of carbonyl (C=O) groups excluding carboxylic acids is 1. The van der Waals surface area contributed by atoms with Crippen LogP contribution < -0.4 is 11.1 Å². The third-order valence-electron chi connectivity index (χ3n) is 2.86. The van der Waals surface area contributed by atoms with Gasteiger partial charge in [0.25, 0.3) is 0 Å². The summed E-state index contributed by atoms with van der Waals surface area (Å²) >= 11 is 0. The van der Waals surface area contributed by atoms with Crippen LogP contribution >= 0.6 is 0 Å². The van der Waals surface area contributed by atoms with E-state index in [4.69, 9.17) is 15.2 Å². The van der Waals surface area contributed by atoms with Crippen molar-refractivity contribution in [1.29, 1.82) is 0 Å². The van der Waals surface area contributed by atoms with Crippen LogP contribution in [0.15, 0.2) is 4.99 Å². The Morgan fingerprint density at radius 2 is 2.05 bits per heavy atom. The van der Waals surface area contributed by atoms with E-state index in [1.807, 2.05) is 20.8 Å². The minimum absolute atomic E-state index is 0.0560. The van der Waals surface area contributed by atoms with Gasteiger partial charge in [-0.1, -0.05) is 0 Å². The third kappa shape index (κ3) is 9.25. The highest BCUT2D eigenvalue weighted by Crippen LogP contribution is 2.06. The van der Waals surface area contributed by atoms with E-state index in [0.29, 0.717) is 0 Å². The van der Waals surface area contributed by atoms with Gasteiger partial charge >= 0.3 is 5.97 Å². The highest BCUT2D eigenvalue weighted by atomic mass is 16.6. The first-order valence-electron chi connectivity index (χ1n) is 7.42. The fourth-order valence-electron chi connectivity index (χ4n) is 1.92. The molecule has 7 heteroatoms. The molecule has 0 unspecified atom stereocenters. The lowest BCUT2D eigenvalue weighted by Crippen LogP contribution is -2.39. The van der Waals surface area contributed by atoms with E-state index in [1.165, 1.54) is 0 Å². The molecule has 0 aromatic carbocycles. The lowest BCUT2D eigenvalue weighted by Gasteiger charge is -2.26. The van der Waals surface area contributed by atoms with Crippen molar-refractivity contribution in [2.45, 2.75) is 32.8 Å². The average Bonchev–Trinajstić information content (AvgIpc) is 2.41. The highest BCUT2D eigenvalue weighted by molar-refractivity contribution is 5.81. The van der Waals surface area contributed by atoms with E-state index in [9.17, 15) is 4.79 Å². The van der Waals surface area contributed by atoms with Crippen LogP contribution in [0.25, 0.3) is 0 Å². The van der Waals surface area contributed by atoms with Crippen LogP contribution in [0.1, 0.15) is 27.2 Å². The molecule has 7 nitrogen and oxygen atoms in total. The standard InChI is InChI=1S/C14H28N4O3/c1-14(2,3)21-12(19)11-17-13(15)16-5-4-6-18-7-9-20-10-8-18/h4-11H2,1-3H3,(H3,15,16,17). The second-order valence-corrected chi connectivity index (χ2v) is 6.02. The molecular formula is C14H28N4O3. The average molecular weight is 300 g/mol. The van der Waals surface area contributed by atoms with Crippen molar-refractivity contribution in [2.24, 2.45) is 10.7 Å². The van der Waals surface area contributed by atoms with E-state index in [0.717, 1.165) is 45.8 Å². The molecule has 21 heavy (non-hydrogen) atoms. The Labute approximate surface area is 126 Å². The molecule has 0 aliphatic carbocycles. The van der Waals surface area contributed by atoms with Gasteiger partial charge in [-0.05, 0) is 33.7 Å². The number of hydrogen-bond donors (Lipinski definition) is 2. The number of nitrogens with two attached hydrogens (primary N) is 1. The first kappa shape index (κ1) is 17.7. The minimum atomic E-state index is -0.493. The van der Waals surface area contributed by atoms with Gasteiger partial charge in [-0.25, -0.2) is 4.99 Å². The van der Waals surface area contributed by atoms with Crippen molar-refractivity contribution in [3.05, 3.63) is 0 Å². The summed E-state index contributed by atoms with van der Waals surface area (Å²) in [7, 11) is 0. The lowest BCUT2D eigenvalue weighted by molar-refractivity contribution is -0.152. The van der Waals surface area contributed by atoms with Crippen LogP contribution in [0.2, 0.25) is 0 Å². The van der Waals surface area contributed by atoms with Gasteiger partial charge in [0.1, 0.15) is 12.1 Å². The van der Waals surface area contributed by atoms with Gasteiger partial charge in [0.15, 0.2) is 5.96 Å². The second-order valence-electron chi connectivity index (χ2n) is 6.02. The lowest BCUT2D eigenvalue weighted by atomic mass is 10.2. The molecule has 1 fully saturated rings. The summed E-state index contributed by atoms with van der Waals surface area (Å²) in [6.07, 6.45) is 0.975. The first-order valence-corrected chi connectivity index (χ1v) is 7.42. The van der Waals surface area contributed by atoms with Crippen molar-refractivity contribution in [1.82, 2.24) is 10.2 Å². The predicted molar refractivity (Wildman–Crippen MR) is 82.2 cm³/mol. The molecule has 0 amide bonds. The third-order valence-corrected chi connectivity index (χ3v) is 2.86. The fraction of sp³-hybridized carbons (Fsp3) is 0.857. The number of rotatable bonds is 6. The summed E-state index contributed by atoms with van der Waals surface area (Å²) < 4.78 is 10.4. The Bertz CT molecular complexity index is 347. The Kier molecular flexibility index (Phi) is 7.45. The molecular weight excluding hydrogens is 272 g/mol. The van der Waals surface area contributed by atoms with E-state index in [-0.39, 0.29) is 18.5 Å². The van der Waals surface area contributed by atoms with Gasteiger partial charge in [-0.15, -0.1) is 0 Å². The highest BCUT2D eigenvalue weighted by Gasteiger charge is 2.15. The maximum absolute atomic E-state index is 11.5. The van der Waals surface area contributed by atoms with Gasteiger partial charge < -0.3 is 20.5 Å². The topological polar surface area (TPSA) is 89.2 Å². The zero-order valence-electron chi connectivity index (χ0n) is 13.4. The van der Waals surface area contributed by atoms with Crippen LogP contribution in [-0.4, -0.2) is 68.4 Å². The maximum atomic E-state index is 11.5. The molecule has 1 aliphatic rings. The van der Waals surface area contributed by atoms with Crippen molar-refractivity contribution < 1.29 is 14.3 Å². The SMILES string of the molecule is CC(C)(C)OC(=O)CN=C(N)NCCCN1CCOCC1. The summed E-state index contributed by atoms with van der Waals surface area (Å²) in [6.45, 7) is 10.8. The maximum Gasteiger partial charge on any atom is 0.328 e. The second kappa shape index (κ2) is 8.84. The van der Waals surface area contributed by atoms with Crippen LogP contribution in [-0.2, 0) is 14.3 Å². The van der Waals surface area contributed by atoms with Crippen molar-refractivity contribution >= 4 is 11.9 Å². The van der Waals surface area contributed by atoms with Gasteiger partial charge in [-0.3, -0.25) is 9.69 Å². The van der Waals surface area contributed by atoms with Crippen LogP contribution in [0.5, 0.6) is 0 Å². The Morgan fingerprint density at radius 3 is 2.67 bits per heavy atom. The zero-order valence-corrected chi connectivity index (χ0v) is 13.4. The summed E-state index contributed by atoms with van der Waals surface area (Å²) in [5, 5.41) is 3.00. The predicted octanol–water partition coefficient (Wildman–Crippen LogP) is -0.0453.